The molecule has 10 heteroatoms. The third-order valence-electron chi connectivity index (χ3n) is 4.78. The van der Waals surface area contributed by atoms with E-state index in [2.05, 4.69) is 29.9 Å². The largest absolute Gasteiger partial charge is 3.00 e. The normalized spacial score (nSPS) is 8.70. The predicted molar refractivity (Wildman–Crippen MR) is 142 cm³/mol. The Morgan fingerprint density at radius 2 is 0.400 bits per heavy atom. The molecule has 6 nitrogen and oxygen atoms in total. The molecule has 0 N–H and O–H groups in total. The fraction of sp³-hybridized carbons (Fsp3) is 0. The molecule has 0 atom stereocenters. The third kappa shape index (κ3) is 12.1. The maximum Gasteiger partial charge on any atom is 3.00 e. The van der Waals surface area contributed by atoms with Crippen LogP contribution < -0.4 is 37.2 Å². The van der Waals surface area contributed by atoms with Crippen molar-refractivity contribution in [2.45, 2.75) is 0 Å². The second-order valence-corrected chi connectivity index (χ2v) is 7.29. The molecule has 0 saturated heterocycles. The van der Waals surface area contributed by atoms with Gasteiger partial charge in [-0.05, 0) is 72.8 Å². The molecule has 0 spiro atoms. The zero-order chi connectivity index (χ0) is 24.7. The zero-order valence-corrected chi connectivity index (χ0v) is 25.0. The van der Waals surface area contributed by atoms with E-state index in [0.717, 1.165) is 34.2 Å². The fourth-order valence-corrected chi connectivity index (χ4v) is 3.09. The average Bonchev–Trinajstić information content (AvgIpc) is 3.01. The monoisotopic (exact) mass is 675 g/mol. The van der Waals surface area contributed by atoms with Crippen LogP contribution in [0.2, 0.25) is 0 Å². The molecule has 6 aromatic heterocycles. The molecule has 1 radical (unpaired) electrons. The Labute approximate surface area is 265 Å². The SMILES string of the molecule is [Cl-].[Cl-].[Cl-].[Ru+3].c1ccc(-c2ccccn2)nc1.c1ccc(-c2ccccn2)nc1.c1ccc(-c2ccccn2)nc1. The molecule has 0 aliphatic carbocycles. The van der Waals surface area contributed by atoms with Gasteiger partial charge < -0.3 is 37.2 Å². The smallest absolute Gasteiger partial charge is 1.00 e. The molecule has 0 saturated carbocycles. The van der Waals surface area contributed by atoms with Gasteiger partial charge in [-0.15, -0.1) is 0 Å². The van der Waals surface area contributed by atoms with Crippen LogP contribution >= 0.6 is 0 Å². The van der Waals surface area contributed by atoms with E-state index in [1.807, 2.05) is 109 Å². The van der Waals surface area contributed by atoms with E-state index in [1.165, 1.54) is 0 Å². The molecule has 0 bridgehead atoms. The van der Waals surface area contributed by atoms with Crippen LogP contribution in [-0.2, 0) is 19.5 Å². The average molecular weight is 676 g/mol. The maximum absolute atomic E-state index is 4.19. The summed E-state index contributed by atoms with van der Waals surface area (Å²) in [6.07, 6.45) is 10.6. The van der Waals surface area contributed by atoms with Gasteiger partial charge in [-0.3, -0.25) is 29.9 Å². The zero-order valence-electron chi connectivity index (χ0n) is 21.0. The van der Waals surface area contributed by atoms with E-state index in [9.17, 15) is 0 Å². The van der Waals surface area contributed by atoms with Crippen molar-refractivity contribution in [2.24, 2.45) is 0 Å². The molecule has 0 amide bonds. The van der Waals surface area contributed by atoms with E-state index in [4.69, 9.17) is 0 Å². The minimum Gasteiger partial charge on any atom is -1.00 e. The summed E-state index contributed by atoms with van der Waals surface area (Å²) in [6.45, 7) is 0. The van der Waals surface area contributed by atoms with Crippen LogP contribution in [0.4, 0.5) is 0 Å². The molecule has 6 rings (SSSR count). The van der Waals surface area contributed by atoms with Gasteiger partial charge in [0.25, 0.3) is 0 Å². The summed E-state index contributed by atoms with van der Waals surface area (Å²) in [5, 5.41) is 0. The van der Waals surface area contributed by atoms with Crippen LogP contribution in [0.25, 0.3) is 34.2 Å². The van der Waals surface area contributed by atoms with E-state index < -0.39 is 0 Å². The molecule has 0 aliphatic heterocycles. The van der Waals surface area contributed by atoms with Gasteiger partial charge in [-0.25, -0.2) is 0 Å². The maximum atomic E-state index is 4.19. The Hall–Kier alpha value is -3.61. The second kappa shape index (κ2) is 21.2. The molecule has 0 aromatic carbocycles. The standard InChI is InChI=1S/3C10H8N2.3ClH.Ru/c3*1-3-7-11-9(5-1)10-6-2-4-8-12-10;;;;/h3*1-8H;3*1H;/q;;;;;;+3/p-3. The first-order chi connectivity index (χ1) is 17.9. The molecular weight excluding hydrogens is 652 g/mol. The van der Waals surface area contributed by atoms with Gasteiger partial charge in [0.05, 0.1) is 34.2 Å². The number of hydrogen-bond acceptors (Lipinski definition) is 6. The summed E-state index contributed by atoms with van der Waals surface area (Å²) in [6, 6.07) is 34.8. The van der Waals surface area contributed by atoms with Gasteiger partial charge in [-0.1, -0.05) is 36.4 Å². The van der Waals surface area contributed by atoms with E-state index in [-0.39, 0.29) is 56.7 Å². The minimum absolute atomic E-state index is 0. The van der Waals surface area contributed by atoms with Gasteiger partial charge in [0, 0.05) is 37.2 Å². The van der Waals surface area contributed by atoms with E-state index >= 15 is 0 Å². The number of pyridine rings is 6. The Bertz CT molecular complexity index is 1120. The number of halogens is 3. The summed E-state index contributed by atoms with van der Waals surface area (Å²) in [5.41, 5.74) is 5.49. The first-order valence-electron chi connectivity index (χ1n) is 11.4. The number of nitrogens with zero attached hydrogens (tertiary/aromatic N) is 6. The Morgan fingerprint density at radius 3 is 0.500 bits per heavy atom. The van der Waals surface area contributed by atoms with Crippen LogP contribution in [0, 0.1) is 0 Å². The molecule has 40 heavy (non-hydrogen) atoms. The quantitative estimate of drug-likeness (QED) is 0.192. The van der Waals surface area contributed by atoms with Crippen molar-refractivity contribution in [1.82, 2.24) is 29.9 Å². The third-order valence-corrected chi connectivity index (χ3v) is 4.78. The second-order valence-electron chi connectivity index (χ2n) is 7.29. The van der Waals surface area contributed by atoms with Gasteiger partial charge in [0.1, 0.15) is 0 Å². The molecule has 6 aromatic rings. The van der Waals surface area contributed by atoms with Crippen molar-refractivity contribution >= 4 is 0 Å². The van der Waals surface area contributed by atoms with Crippen molar-refractivity contribution in [3.63, 3.8) is 0 Å². The van der Waals surface area contributed by atoms with Crippen LogP contribution in [0.5, 0.6) is 0 Å². The van der Waals surface area contributed by atoms with Gasteiger partial charge in [0.2, 0.25) is 0 Å². The van der Waals surface area contributed by atoms with E-state index in [0.29, 0.717) is 0 Å². The summed E-state index contributed by atoms with van der Waals surface area (Å²) in [5.74, 6) is 0. The minimum atomic E-state index is 0. The summed E-state index contributed by atoms with van der Waals surface area (Å²) < 4.78 is 0. The Kier molecular flexibility index (Phi) is 19.3. The van der Waals surface area contributed by atoms with Crippen LogP contribution in [0.1, 0.15) is 0 Å². The van der Waals surface area contributed by atoms with Crippen LogP contribution in [-0.4, -0.2) is 29.9 Å². The number of rotatable bonds is 3. The van der Waals surface area contributed by atoms with Crippen LogP contribution in [0.3, 0.4) is 0 Å². The first kappa shape index (κ1) is 36.4. The molecule has 6 heterocycles. The van der Waals surface area contributed by atoms with Gasteiger partial charge in [-0.2, -0.15) is 0 Å². The predicted octanol–water partition coefficient (Wildman–Crippen LogP) is -2.56. The summed E-state index contributed by atoms with van der Waals surface area (Å²) >= 11 is 0. The Balaban J connectivity index is 0.000000543. The summed E-state index contributed by atoms with van der Waals surface area (Å²) in [4.78, 5) is 25.1. The first-order valence-corrected chi connectivity index (χ1v) is 11.4. The fourth-order valence-electron chi connectivity index (χ4n) is 3.09. The van der Waals surface area contributed by atoms with Crippen molar-refractivity contribution in [1.29, 1.82) is 0 Å². The Morgan fingerprint density at radius 1 is 0.250 bits per heavy atom. The van der Waals surface area contributed by atoms with Gasteiger partial charge >= 0.3 is 19.5 Å². The van der Waals surface area contributed by atoms with Crippen molar-refractivity contribution in [3.05, 3.63) is 146 Å². The molecular formula is C30H24Cl3N6Ru. The number of hydrogen-bond donors (Lipinski definition) is 0. The topological polar surface area (TPSA) is 77.3 Å². The molecule has 0 aliphatic rings. The van der Waals surface area contributed by atoms with Crippen LogP contribution in [0.15, 0.2) is 146 Å². The summed E-state index contributed by atoms with van der Waals surface area (Å²) in [7, 11) is 0. The molecule has 0 unspecified atom stereocenters. The van der Waals surface area contributed by atoms with Crippen molar-refractivity contribution in [2.75, 3.05) is 0 Å². The molecule has 0 fully saturated rings. The number of aromatic nitrogens is 6. The molecule has 203 valence electrons. The van der Waals surface area contributed by atoms with E-state index in [1.54, 1.807) is 37.2 Å². The van der Waals surface area contributed by atoms with Gasteiger partial charge in [0.15, 0.2) is 0 Å². The van der Waals surface area contributed by atoms with Crippen molar-refractivity contribution < 1.29 is 56.7 Å². The van der Waals surface area contributed by atoms with Crippen molar-refractivity contribution in [3.8, 4) is 34.2 Å².